The van der Waals surface area contributed by atoms with Gasteiger partial charge in [0.15, 0.2) is 0 Å². The molecular weight excluding hydrogens is 310 g/mol. The van der Waals surface area contributed by atoms with Crippen molar-refractivity contribution in [1.29, 1.82) is 0 Å². The highest BCUT2D eigenvalue weighted by atomic mass is 35.7. The highest BCUT2D eigenvalue weighted by Crippen LogP contribution is 2.29. The number of benzene rings is 1. The van der Waals surface area contributed by atoms with Gasteiger partial charge in [-0.3, -0.25) is 0 Å². The lowest BCUT2D eigenvalue weighted by molar-refractivity contribution is 0.249. The van der Waals surface area contributed by atoms with Crippen LogP contribution in [0, 0.1) is 0 Å². The van der Waals surface area contributed by atoms with Crippen molar-refractivity contribution in [3.8, 4) is 0 Å². The van der Waals surface area contributed by atoms with Crippen molar-refractivity contribution in [1.82, 2.24) is 4.31 Å². The van der Waals surface area contributed by atoms with Crippen LogP contribution in [0.5, 0.6) is 0 Å². The van der Waals surface area contributed by atoms with E-state index in [1.807, 2.05) is 0 Å². The molecule has 0 atom stereocenters. The molecule has 5 nitrogen and oxygen atoms in total. The van der Waals surface area contributed by atoms with Crippen LogP contribution in [0.3, 0.4) is 0 Å². The second-order valence-corrected chi connectivity index (χ2v) is 9.08. The second kappa shape index (κ2) is 5.05. The van der Waals surface area contributed by atoms with Crippen LogP contribution in [0.1, 0.15) is 19.3 Å². The minimum atomic E-state index is -3.83. The summed E-state index contributed by atoms with van der Waals surface area (Å²) in [6.45, 7) is 0. The number of rotatable bonds is 4. The molecule has 0 saturated heterocycles. The molecule has 0 aliphatic heterocycles. The van der Waals surface area contributed by atoms with Gasteiger partial charge in [-0.05, 0) is 37.1 Å². The molecule has 0 radical (unpaired) electrons. The molecule has 0 N–H and O–H groups in total. The standard InChI is InChI=1S/C11H14ClNO4S2/c1-13(9-3-2-4-9)19(16,17)11-7-5-10(6-8-11)18(12,14)15/h5-9H,2-4H2,1H3. The fourth-order valence-electron chi connectivity index (χ4n) is 1.89. The fraction of sp³-hybridized carbons (Fsp3) is 0.455. The van der Waals surface area contributed by atoms with Crippen LogP contribution in [0.15, 0.2) is 34.1 Å². The molecule has 0 spiro atoms. The van der Waals surface area contributed by atoms with Crippen molar-refractivity contribution in [2.75, 3.05) is 7.05 Å². The maximum absolute atomic E-state index is 12.3. The van der Waals surface area contributed by atoms with Crippen molar-refractivity contribution in [3.63, 3.8) is 0 Å². The van der Waals surface area contributed by atoms with E-state index in [2.05, 4.69) is 0 Å². The van der Waals surface area contributed by atoms with Gasteiger partial charge in [-0.1, -0.05) is 6.42 Å². The Morgan fingerprint density at radius 1 is 1.05 bits per heavy atom. The average molecular weight is 324 g/mol. The molecule has 2 rings (SSSR count). The summed E-state index contributed by atoms with van der Waals surface area (Å²) in [5, 5.41) is 0. The first-order valence-electron chi connectivity index (χ1n) is 5.76. The molecule has 106 valence electrons. The van der Waals surface area contributed by atoms with Crippen LogP contribution in [-0.2, 0) is 19.1 Å². The Bertz CT molecular complexity index is 663. The molecule has 1 aromatic carbocycles. The Hall–Kier alpha value is -0.630. The summed E-state index contributed by atoms with van der Waals surface area (Å²) in [5.74, 6) is 0. The Kier molecular flexibility index (Phi) is 3.92. The van der Waals surface area contributed by atoms with E-state index in [-0.39, 0.29) is 15.8 Å². The zero-order valence-corrected chi connectivity index (χ0v) is 12.7. The predicted molar refractivity (Wildman–Crippen MR) is 72.1 cm³/mol. The maximum atomic E-state index is 12.3. The van der Waals surface area contributed by atoms with Gasteiger partial charge >= 0.3 is 0 Å². The van der Waals surface area contributed by atoms with E-state index < -0.39 is 19.1 Å². The van der Waals surface area contributed by atoms with Crippen molar-refractivity contribution in [2.45, 2.75) is 35.1 Å². The highest BCUT2D eigenvalue weighted by molar-refractivity contribution is 8.13. The van der Waals surface area contributed by atoms with E-state index in [1.54, 1.807) is 7.05 Å². The molecule has 1 aliphatic rings. The molecule has 0 amide bonds. The molecule has 1 aromatic rings. The zero-order valence-electron chi connectivity index (χ0n) is 10.3. The van der Waals surface area contributed by atoms with Gasteiger partial charge in [0, 0.05) is 23.8 Å². The molecule has 1 fully saturated rings. The van der Waals surface area contributed by atoms with Gasteiger partial charge in [0.25, 0.3) is 9.05 Å². The van der Waals surface area contributed by atoms with Gasteiger partial charge in [0.2, 0.25) is 10.0 Å². The number of hydrogen-bond donors (Lipinski definition) is 0. The van der Waals surface area contributed by atoms with Gasteiger partial charge in [-0.2, -0.15) is 4.31 Å². The molecule has 8 heteroatoms. The van der Waals surface area contributed by atoms with Crippen LogP contribution >= 0.6 is 10.7 Å². The van der Waals surface area contributed by atoms with Crippen LogP contribution in [0.25, 0.3) is 0 Å². The first kappa shape index (κ1) is 14.8. The minimum Gasteiger partial charge on any atom is -0.207 e. The minimum absolute atomic E-state index is 0.0430. The van der Waals surface area contributed by atoms with E-state index in [0.717, 1.165) is 19.3 Å². The summed E-state index contributed by atoms with van der Waals surface area (Å²) < 4.78 is 48.1. The molecule has 0 unspecified atom stereocenters. The lowest BCUT2D eigenvalue weighted by atomic mass is 9.94. The van der Waals surface area contributed by atoms with E-state index >= 15 is 0 Å². The van der Waals surface area contributed by atoms with Crippen molar-refractivity contribution < 1.29 is 16.8 Å². The average Bonchev–Trinajstić information content (AvgIpc) is 2.25. The Balaban J connectivity index is 2.31. The lowest BCUT2D eigenvalue weighted by Crippen LogP contribution is -2.41. The van der Waals surface area contributed by atoms with E-state index in [4.69, 9.17) is 10.7 Å². The molecule has 19 heavy (non-hydrogen) atoms. The van der Waals surface area contributed by atoms with Crippen molar-refractivity contribution in [3.05, 3.63) is 24.3 Å². The van der Waals surface area contributed by atoms with Crippen molar-refractivity contribution in [2.24, 2.45) is 0 Å². The zero-order chi connectivity index (χ0) is 14.3. The largest absolute Gasteiger partial charge is 0.261 e. The maximum Gasteiger partial charge on any atom is 0.261 e. The molecule has 1 saturated carbocycles. The third-order valence-corrected chi connectivity index (χ3v) is 6.67. The third-order valence-electron chi connectivity index (χ3n) is 3.37. The second-order valence-electron chi connectivity index (χ2n) is 4.52. The van der Waals surface area contributed by atoms with Crippen LogP contribution < -0.4 is 0 Å². The first-order valence-corrected chi connectivity index (χ1v) is 9.50. The van der Waals surface area contributed by atoms with Crippen LogP contribution in [0.4, 0.5) is 0 Å². The topological polar surface area (TPSA) is 71.5 Å². The molecule has 0 aromatic heterocycles. The predicted octanol–water partition coefficient (Wildman–Crippen LogP) is 1.79. The summed E-state index contributed by atoms with van der Waals surface area (Å²) in [5.41, 5.74) is 0. The molecule has 0 heterocycles. The Morgan fingerprint density at radius 3 is 1.89 bits per heavy atom. The summed E-state index contributed by atoms with van der Waals surface area (Å²) in [7, 11) is -0.668. The van der Waals surface area contributed by atoms with Crippen LogP contribution in [0.2, 0.25) is 0 Å². The number of nitrogens with zero attached hydrogens (tertiary/aromatic N) is 1. The van der Waals surface area contributed by atoms with Gasteiger partial charge in [-0.15, -0.1) is 0 Å². The summed E-state index contributed by atoms with van der Waals surface area (Å²) in [6.07, 6.45) is 2.77. The van der Waals surface area contributed by atoms with E-state index in [1.165, 1.54) is 28.6 Å². The third kappa shape index (κ3) is 2.94. The number of hydrogen-bond acceptors (Lipinski definition) is 4. The van der Waals surface area contributed by atoms with Crippen molar-refractivity contribution >= 4 is 29.8 Å². The monoisotopic (exact) mass is 323 g/mol. The SMILES string of the molecule is CN(C1CCC1)S(=O)(=O)c1ccc(S(=O)(=O)Cl)cc1. The van der Waals surface area contributed by atoms with Gasteiger partial charge in [0.1, 0.15) is 0 Å². The number of halogens is 1. The quantitative estimate of drug-likeness (QED) is 0.792. The smallest absolute Gasteiger partial charge is 0.207 e. The van der Waals surface area contributed by atoms with E-state index in [9.17, 15) is 16.8 Å². The lowest BCUT2D eigenvalue weighted by Gasteiger charge is -2.33. The van der Waals surface area contributed by atoms with Gasteiger partial charge in [0.05, 0.1) is 9.79 Å². The summed E-state index contributed by atoms with van der Waals surface area (Å²) >= 11 is 0. The fourth-order valence-corrected chi connectivity index (χ4v) is 4.07. The van der Waals surface area contributed by atoms with Crippen LogP contribution in [-0.4, -0.2) is 34.2 Å². The molecule has 0 bridgehead atoms. The Morgan fingerprint density at radius 2 is 1.53 bits per heavy atom. The van der Waals surface area contributed by atoms with Gasteiger partial charge in [-0.25, -0.2) is 16.8 Å². The normalized spacial score (nSPS) is 17.4. The van der Waals surface area contributed by atoms with E-state index in [0.29, 0.717) is 0 Å². The summed E-state index contributed by atoms with van der Waals surface area (Å²) in [4.78, 5) is -0.0367. The Labute approximate surface area is 117 Å². The summed E-state index contributed by atoms with van der Waals surface area (Å²) in [6, 6.07) is 4.97. The first-order chi connectivity index (χ1) is 8.73. The van der Waals surface area contributed by atoms with Gasteiger partial charge < -0.3 is 0 Å². The highest BCUT2D eigenvalue weighted by Gasteiger charge is 2.31. The molecular formula is C11H14ClNO4S2. The molecule has 1 aliphatic carbocycles. The number of sulfonamides is 1.